The fraction of sp³-hybridized carbons (Fsp3) is 0.200. The van der Waals surface area contributed by atoms with Crippen LogP contribution in [0.5, 0.6) is 0 Å². The van der Waals surface area contributed by atoms with Gasteiger partial charge in [0.1, 0.15) is 5.82 Å². The van der Waals surface area contributed by atoms with Crippen molar-refractivity contribution in [2.45, 2.75) is 12.5 Å². The number of hydrogen-bond acceptors (Lipinski definition) is 1. The summed E-state index contributed by atoms with van der Waals surface area (Å²) < 4.78 is 15.0. The lowest BCUT2D eigenvalue weighted by molar-refractivity contribution is 0.553. The van der Waals surface area contributed by atoms with Crippen LogP contribution >= 0.6 is 34.2 Å². The fourth-order valence-electron chi connectivity index (χ4n) is 2.03. The number of likely N-dealkylation sites (N-methyl/N-ethyl adjacent to an activating group) is 1. The van der Waals surface area contributed by atoms with Crippen LogP contribution in [0, 0.1) is 9.39 Å². The minimum atomic E-state index is -0.251. The predicted molar refractivity (Wildman–Crippen MR) is 86.1 cm³/mol. The van der Waals surface area contributed by atoms with E-state index in [-0.39, 0.29) is 11.9 Å². The van der Waals surface area contributed by atoms with Crippen LogP contribution in [0.25, 0.3) is 0 Å². The maximum absolute atomic E-state index is 13.8. The topological polar surface area (TPSA) is 12.0 Å². The van der Waals surface area contributed by atoms with Gasteiger partial charge in [-0.15, -0.1) is 0 Å². The molecule has 0 amide bonds. The highest BCUT2D eigenvalue weighted by Gasteiger charge is 2.15. The summed E-state index contributed by atoms with van der Waals surface area (Å²) in [7, 11) is 1.89. The molecule has 0 aromatic heterocycles. The van der Waals surface area contributed by atoms with Gasteiger partial charge in [0.15, 0.2) is 0 Å². The Bertz CT molecular complexity index is 574. The van der Waals surface area contributed by atoms with Crippen LogP contribution in [0.15, 0.2) is 42.5 Å². The highest BCUT2D eigenvalue weighted by molar-refractivity contribution is 14.1. The number of halogens is 3. The summed E-state index contributed by atoms with van der Waals surface area (Å²) in [5.41, 5.74) is 1.85. The molecule has 2 aromatic carbocycles. The Balaban J connectivity index is 2.27. The standard InChI is InChI=1S/C15H14ClFIN/c1-19-15(12-4-2-3-5-14(12)18)8-10-6-7-11(16)9-13(10)17/h2-7,9,15,19H,8H2,1H3. The molecule has 1 unspecified atom stereocenters. The van der Waals surface area contributed by atoms with E-state index in [1.54, 1.807) is 12.1 Å². The van der Waals surface area contributed by atoms with Crippen molar-refractivity contribution in [1.29, 1.82) is 0 Å². The first-order valence-corrected chi connectivity index (χ1v) is 7.43. The summed E-state index contributed by atoms with van der Waals surface area (Å²) in [6.07, 6.45) is 0.597. The predicted octanol–water partition coefficient (Wildman–Crippen LogP) is 4.59. The van der Waals surface area contributed by atoms with Gasteiger partial charge in [-0.1, -0.05) is 35.9 Å². The SMILES string of the molecule is CNC(Cc1ccc(Cl)cc1F)c1ccccc1I. The molecule has 100 valence electrons. The van der Waals surface area contributed by atoms with Crippen molar-refractivity contribution < 1.29 is 4.39 Å². The Morgan fingerprint density at radius 2 is 2.00 bits per heavy atom. The van der Waals surface area contributed by atoms with E-state index < -0.39 is 0 Å². The quantitative estimate of drug-likeness (QED) is 0.754. The van der Waals surface area contributed by atoms with Crippen molar-refractivity contribution in [2.24, 2.45) is 0 Å². The molecule has 2 aromatic rings. The largest absolute Gasteiger partial charge is 0.313 e. The van der Waals surface area contributed by atoms with Gasteiger partial charge in [0, 0.05) is 14.6 Å². The van der Waals surface area contributed by atoms with Crippen LogP contribution < -0.4 is 5.32 Å². The number of nitrogens with one attached hydrogen (secondary N) is 1. The third kappa shape index (κ3) is 3.68. The first-order valence-electron chi connectivity index (χ1n) is 5.97. The Morgan fingerprint density at radius 1 is 1.26 bits per heavy atom. The zero-order chi connectivity index (χ0) is 13.8. The molecule has 0 fully saturated rings. The first kappa shape index (κ1) is 14.8. The molecule has 1 atom stereocenters. The van der Waals surface area contributed by atoms with Gasteiger partial charge in [0.2, 0.25) is 0 Å². The lowest BCUT2D eigenvalue weighted by atomic mass is 9.99. The zero-order valence-corrected chi connectivity index (χ0v) is 13.4. The van der Waals surface area contributed by atoms with Crippen molar-refractivity contribution in [1.82, 2.24) is 5.32 Å². The van der Waals surface area contributed by atoms with E-state index in [0.29, 0.717) is 17.0 Å². The van der Waals surface area contributed by atoms with E-state index in [2.05, 4.69) is 40.0 Å². The lowest BCUT2D eigenvalue weighted by Gasteiger charge is -2.18. The van der Waals surface area contributed by atoms with E-state index in [1.807, 2.05) is 19.2 Å². The maximum Gasteiger partial charge on any atom is 0.127 e. The Morgan fingerprint density at radius 3 is 2.63 bits per heavy atom. The second-order valence-corrected chi connectivity index (χ2v) is 5.90. The molecule has 1 N–H and O–H groups in total. The number of benzene rings is 2. The second kappa shape index (κ2) is 6.68. The van der Waals surface area contributed by atoms with E-state index in [9.17, 15) is 4.39 Å². The molecule has 0 radical (unpaired) electrons. The molecular weight excluding hydrogens is 376 g/mol. The monoisotopic (exact) mass is 389 g/mol. The summed E-state index contributed by atoms with van der Waals surface area (Å²) >= 11 is 8.07. The first-order chi connectivity index (χ1) is 9.11. The summed E-state index contributed by atoms with van der Waals surface area (Å²) in [5.74, 6) is -0.251. The van der Waals surface area contributed by atoms with Gasteiger partial charge in [0.05, 0.1) is 0 Å². The van der Waals surface area contributed by atoms with Crippen molar-refractivity contribution in [3.8, 4) is 0 Å². The highest BCUT2D eigenvalue weighted by atomic mass is 127. The van der Waals surface area contributed by atoms with Gasteiger partial charge >= 0.3 is 0 Å². The van der Waals surface area contributed by atoms with E-state index in [4.69, 9.17) is 11.6 Å². The minimum absolute atomic E-state index is 0.0868. The molecule has 19 heavy (non-hydrogen) atoms. The van der Waals surface area contributed by atoms with Crippen LogP contribution in [0.2, 0.25) is 5.02 Å². The molecule has 0 saturated carbocycles. The Kier molecular flexibility index (Phi) is 5.19. The zero-order valence-electron chi connectivity index (χ0n) is 10.5. The van der Waals surface area contributed by atoms with Gasteiger partial charge in [-0.3, -0.25) is 0 Å². The molecule has 1 nitrogen and oxygen atoms in total. The molecule has 0 saturated heterocycles. The second-order valence-electron chi connectivity index (χ2n) is 4.30. The molecule has 0 aliphatic carbocycles. The molecule has 0 aliphatic rings. The molecular formula is C15H14ClFIN. The van der Waals surface area contributed by atoms with Crippen LogP contribution in [0.1, 0.15) is 17.2 Å². The Labute approximate surface area is 131 Å². The number of rotatable bonds is 4. The van der Waals surface area contributed by atoms with E-state index in [1.165, 1.54) is 15.2 Å². The van der Waals surface area contributed by atoms with Gasteiger partial charge in [-0.05, 0) is 65.4 Å². The van der Waals surface area contributed by atoms with Crippen LogP contribution in [-0.2, 0) is 6.42 Å². The molecule has 0 bridgehead atoms. The van der Waals surface area contributed by atoms with Crippen LogP contribution in [0.3, 0.4) is 0 Å². The van der Waals surface area contributed by atoms with Crippen molar-refractivity contribution in [3.63, 3.8) is 0 Å². The Hall–Kier alpha value is -0.650. The highest BCUT2D eigenvalue weighted by Crippen LogP contribution is 2.25. The smallest absolute Gasteiger partial charge is 0.127 e. The van der Waals surface area contributed by atoms with E-state index in [0.717, 1.165) is 0 Å². The van der Waals surface area contributed by atoms with Crippen LogP contribution in [-0.4, -0.2) is 7.05 Å². The van der Waals surface area contributed by atoms with Gasteiger partial charge in [-0.25, -0.2) is 4.39 Å². The van der Waals surface area contributed by atoms with Gasteiger partial charge < -0.3 is 5.32 Å². The van der Waals surface area contributed by atoms with Crippen molar-refractivity contribution in [3.05, 3.63) is 68.0 Å². The van der Waals surface area contributed by atoms with Crippen molar-refractivity contribution >= 4 is 34.2 Å². The van der Waals surface area contributed by atoms with Gasteiger partial charge in [0.25, 0.3) is 0 Å². The third-order valence-electron chi connectivity index (χ3n) is 3.07. The average Bonchev–Trinajstić information content (AvgIpc) is 2.39. The molecule has 4 heteroatoms. The average molecular weight is 390 g/mol. The summed E-state index contributed by atoms with van der Waals surface area (Å²) in [6, 6.07) is 13.0. The lowest BCUT2D eigenvalue weighted by Crippen LogP contribution is -2.20. The minimum Gasteiger partial charge on any atom is -0.313 e. The fourth-order valence-corrected chi connectivity index (χ4v) is 2.95. The summed E-state index contributed by atoms with van der Waals surface area (Å²) in [6.45, 7) is 0. The summed E-state index contributed by atoms with van der Waals surface area (Å²) in [5, 5.41) is 3.67. The van der Waals surface area contributed by atoms with Crippen LogP contribution in [0.4, 0.5) is 4.39 Å². The maximum atomic E-state index is 13.8. The molecule has 2 rings (SSSR count). The third-order valence-corrected chi connectivity index (χ3v) is 4.29. The molecule has 0 spiro atoms. The number of hydrogen-bond donors (Lipinski definition) is 1. The molecule has 0 heterocycles. The van der Waals surface area contributed by atoms with Crippen molar-refractivity contribution in [2.75, 3.05) is 7.05 Å². The molecule has 0 aliphatic heterocycles. The van der Waals surface area contributed by atoms with Gasteiger partial charge in [-0.2, -0.15) is 0 Å². The normalized spacial score (nSPS) is 12.4. The van der Waals surface area contributed by atoms with E-state index >= 15 is 0 Å². The summed E-state index contributed by atoms with van der Waals surface area (Å²) in [4.78, 5) is 0.